The van der Waals surface area contributed by atoms with Gasteiger partial charge in [0, 0.05) is 6.42 Å². The van der Waals surface area contributed by atoms with E-state index in [9.17, 15) is 4.79 Å². The monoisotopic (exact) mass is 219 g/mol. The van der Waals surface area contributed by atoms with Gasteiger partial charge in [-0.05, 0) is 49.9 Å². The van der Waals surface area contributed by atoms with E-state index in [0.717, 1.165) is 0 Å². The molecule has 0 aromatic heterocycles. The number of benzene rings is 1. The third kappa shape index (κ3) is 2.84. The molecule has 88 valence electrons. The quantitative estimate of drug-likeness (QED) is 0.831. The molecule has 1 amide bonds. The van der Waals surface area contributed by atoms with Crippen LogP contribution in [-0.4, -0.2) is 5.91 Å². The van der Waals surface area contributed by atoms with Gasteiger partial charge < -0.3 is 5.32 Å². The predicted octanol–water partition coefficient (Wildman–Crippen LogP) is 3.20. The van der Waals surface area contributed by atoms with E-state index in [2.05, 4.69) is 38.2 Å². The summed E-state index contributed by atoms with van der Waals surface area (Å²) >= 11 is 0. The molecule has 1 unspecified atom stereocenters. The van der Waals surface area contributed by atoms with Crippen LogP contribution in [0.4, 0.5) is 0 Å². The second-order valence-electron chi connectivity index (χ2n) is 4.44. The van der Waals surface area contributed by atoms with E-state index in [1.165, 1.54) is 22.3 Å². The van der Waals surface area contributed by atoms with Crippen LogP contribution in [-0.2, 0) is 4.79 Å². The lowest BCUT2D eigenvalue weighted by atomic mass is 9.96. The molecule has 1 aromatic rings. The van der Waals surface area contributed by atoms with Gasteiger partial charge in [-0.25, -0.2) is 0 Å². The highest BCUT2D eigenvalue weighted by Gasteiger charge is 2.11. The van der Waals surface area contributed by atoms with Gasteiger partial charge in [0.2, 0.25) is 5.91 Å². The van der Waals surface area contributed by atoms with Crippen LogP contribution >= 0.6 is 0 Å². The Labute approximate surface area is 98.1 Å². The van der Waals surface area contributed by atoms with E-state index in [4.69, 9.17) is 0 Å². The molecule has 0 saturated carbocycles. The van der Waals surface area contributed by atoms with Crippen LogP contribution < -0.4 is 5.32 Å². The van der Waals surface area contributed by atoms with E-state index in [1.807, 2.05) is 13.8 Å². The summed E-state index contributed by atoms with van der Waals surface area (Å²) in [6.07, 6.45) is 0.536. The third-order valence-corrected chi connectivity index (χ3v) is 3.05. The molecule has 1 N–H and O–H groups in total. The highest BCUT2D eigenvalue weighted by Crippen LogP contribution is 2.21. The summed E-state index contributed by atoms with van der Waals surface area (Å²) in [6.45, 7) is 10.2. The topological polar surface area (TPSA) is 29.1 Å². The Morgan fingerprint density at radius 2 is 1.75 bits per heavy atom. The lowest BCUT2D eigenvalue weighted by Gasteiger charge is -2.18. The highest BCUT2D eigenvalue weighted by atomic mass is 16.1. The molecule has 1 aromatic carbocycles. The van der Waals surface area contributed by atoms with Crippen LogP contribution in [0.2, 0.25) is 0 Å². The first-order chi connectivity index (χ1) is 7.45. The largest absolute Gasteiger partial charge is 0.350 e. The van der Waals surface area contributed by atoms with Crippen LogP contribution in [0.25, 0.3) is 0 Å². The molecular weight excluding hydrogens is 198 g/mol. The smallest absolute Gasteiger partial charge is 0.220 e. The van der Waals surface area contributed by atoms with E-state index < -0.39 is 0 Å². The minimum Gasteiger partial charge on any atom is -0.350 e. The second-order valence-corrected chi connectivity index (χ2v) is 4.44. The lowest BCUT2D eigenvalue weighted by molar-refractivity contribution is -0.121. The zero-order valence-electron chi connectivity index (χ0n) is 10.8. The van der Waals surface area contributed by atoms with Crippen molar-refractivity contribution in [3.8, 4) is 0 Å². The molecule has 0 aliphatic carbocycles. The number of nitrogens with one attached hydrogen (secondary N) is 1. The minimum absolute atomic E-state index is 0.0896. The average molecular weight is 219 g/mol. The number of carbonyl (C=O) groups is 1. The van der Waals surface area contributed by atoms with Crippen molar-refractivity contribution in [2.24, 2.45) is 0 Å². The fourth-order valence-corrected chi connectivity index (χ4v) is 1.87. The molecular formula is C14H21NO. The SMILES string of the molecule is CCC(=O)NC(C)c1cc(C)c(C)cc1C. The van der Waals surface area contributed by atoms with Crippen LogP contribution in [0.1, 0.15) is 48.6 Å². The van der Waals surface area contributed by atoms with Crippen molar-refractivity contribution >= 4 is 5.91 Å². The fraction of sp³-hybridized carbons (Fsp3) is 0.500. The third-order valence-electron chi connectivity index (χ3n) is 3.05. The van der Waals surface area contributed by atoms with Gasteiger partial charge in [-0.15, -0.1) is 0 Å². The van der Waals surface area contributed by atoms with E-state index >= 15 is 0 Å². The molecule has 0 fully saturated rings. The molecule has 2 nitrogen and oxygen atoms in total. The number of carbonyl (C=O) groups excluding carboxylic acids is 1. The van der Waals surface area contributed by atoms with Crippen molar-refractivity contribution in [2.75, 3.05) is 0 Å². The number of hydrogen-bond donors (Lipinski definition) is 1. The first-order valence-corrected chi connectivity index (χ1v) is 5.82. The van der Waals surface area contributed by atoms with Gasteiger partial charge in [-0.3, -0.25) is 4.79 Å². The first kappa shape index (κ1) is 12.8. The summed E-state index contributed by atoms with van der Waals surface area (Å²) < 4.78 is 0. The summed E-state index contributed by atoms with van der Waals surface area (Å²) in [5.41, 5.74) is 5.03. The zero-order valence-corrected chi connectivity index (χ0v) is 10.8. The fourth-order valence-electron chi connectivity index (χ4n) is 1.87. The van der Waals surface area contributed by atoms with Crippen molar-refractivity contribution in [3.05, 3.63) is 34.4 Å². The predicted molar refractivity (Wildman–Crippen MR) is 67.5 cm³/mol. The molecule has 0 saturated heterocycles. The summed E-state index contributed by atoms with van der Waals surface area (Å²) in [5, 5.41) is 2.99. The minimum atomic E-state index is 0.0896. The van der Waals surface area contributed by atoms with Crippen LogP contribution in [0.15, 0.2) is 12.1 Å². The Morgan fingerprint density at radius 3 is 2.31 bits per heavy atom. The van der Waals surface area contributed by atoms with Gasteiger partial charge in [0.1, 0.15) is 0 Å². The molecule has 16 heavy (non-hydrogen) atoms. The first-order valence-electron chi connectivity index (χ1n) is 5.82. The number of aryl methyl sites for hydroxylation is 3. The van der Waals surface area contributed by atoms with Crippen LogP contribution in [0, 0.1) is 20.8 Å². The van der Waals surface area contributed by atoms with Crippen molar-refractivity contribution in [1.82, 2.24) is 5.32 Å². The number of hydrogen-bond acceptors (Lipinski definition) is 1. The molecule has 0 aliphatic rings. The summed E-state index contributed by atoms with van der Waals surface area (Å²) in [7, 11) is 0. The van der Waals surface area contributed by atoms with Crippen molar-refractivity contribution < 1.29 is 4.79 Å². The van der Waals surface area contributed by atoms with Crippen LogP contribution in [0.5, 0.6) is 0 Å². The maximum Gasteiger partial charge on any atom is 0.220 e. The highest BCUT2D eigenvalue weighted by molar-refractivity contribution is 5.76. The van der Waals surface area contributed by atoms with Gasteiger partial charge in [0.15, 0.2) is 0 Å². The molecule has 2 heteroatoms. The van der Waals surface area contributed by atoms with Crippen molar-refractivity contribution in [1.29, 1.82) is 0 Å². The van der Waals surface area contributed by atoms with E-state index in [1.54, 1.807) is 0 Å². The number of amides is 1. The van der Waals surface area contributed by atoms with Gasteiger partial charge >= 0.3 is 0 Å². The van der Waals surface area contributed by atoms with Gasteiger partial charge in [0.05, 0.1) is 6.04 Å². The molecule has 1 rings (SSSR count). The molecule has 0 heterocycles. The van der Waals surface area contributed by atoms with Gasteiger partial charge in [0.25, 0.3) is 0 Å². The Morgan fingerprint density at radius 1 is 1.19 bits per heavy atom. The molecule has 1 atom stereocenters. The van der Waals surface area contributed by atoms with Gasteiger partial charge in [-0.1, -0.05) is 19.1 Å². The summed E-state index contributed by atoms with van der Waals surface area (Å²) in [5.74, 6) is 0.102. The molecule has 0 aliphatic heterocycles. The Hall–Kier alpha value is -1.31. The molecule has 0 spiro atoms. The molecule has 0 radical (unpaired) electrons. The maximum absolute atomic E-state index is 11.3. The maximum atomic E-state index is 11.3. The standard InChI is InChI=1S/C14H21NO/c1-6-14(16)15-12(5)13-8-10(3)9(2)7-11(13)4/h7-8,12H,6H2,1-5H3,(H,15,16). The summed E-state index contributed by atoms with van der Waals surface area (Å²) in [4.78, 5) is 11.3. The normalized spacial score (nSPS) is 12.3. The van der Waals surface area contributed by atoms with Crippen molar-refractivity contribution in [2.45, 2.75) is 47.1 Å². The Bertz CT molecular complexity index is 396. The molecule has 0 bridgehead atoms. The van der Waals surface area contributed by atoms with Gasteiger partial charge in [-0.2, -0.15) is 0 Å². The Balaban J connectivity index is 2.95. The zero-order chi connectivity index (χ0) is 12.3. The van der Waals surface area contributed by atoms with Crippen molar-refractivity contribution in [3.63, 3.8) is 0 Å². The summed E-state index contributed by atoms with van der Waals surface area (Å²) in [6, 6.07) is 4.44. The second kappa shape index (κ2) is 5.15. The number of rotatable bonds is 3. The van der Waals surface area contributed by atoms with E-state index in [0.29, 0.717) is 6.42 Å². The van der Waals surface area contributed by atoms with Crippen LogP contribution in [0.3, 0.4) is 0 Å². The lowest BCUT2D eigenvalue weighted by Crippen LogP contribution is -2.26. The Kier molecular flexibility index (Phi) is 4.11. The van der Waals surface area contributed by atoms with E-state index in [-0.39, 0.29) is 11.9 Å². The average Bonchev–Trinajstić information content (AvgIpc) is 2.23.